The van der Waals surface area contributed by atoms with Crippen molar-refractivity contribution in [2.75, 3.05) is 6.61 Å². The summed E-state index contributed by atoms with van der Waals surface area (Å²) in [6.07, 6.45) is -4.73. The second-order valence-corrected chi connectivity index (χ2v) is 8.35. The SMILES string of the molecule is CC(=O)CCc1ccc(O)c(O[C@H]2O[C@@H](COC(=O)/C=C\c3ccc(O)c(O)c3)[C@H](O)[C@@H](O)[C@@H]2O)c1. The molecule has 1 aliphatic heterocycles. The molecule has 194 valence electrons. The molecule has 2 aromatic carbocycles. The van der Waals surface area contributed by atoms with Crippen molar-refractivity contribution in [1.29, 1.82) is 0 Å². The maximum absolute atomic E-state index is 12.1. The van der Waals surface area contributed by atoms with Gasteiger partial charge in [-0.25, -0.2) is 4.79 Å². The van der Waals surface area contributed by atoms with Gasteiger partial charge >= 0.3 is 5.97 Å². The summed E-state index contributed by atoms with van der Waals surface area (Å²) in [5.74, 6) is -1.86. The maximum atomic E-state index is 12.1. The molecule has 0 radical (unpaired) electrons. The van der Waals surface area contributed by atoms with Crippen molar-refractivity contribution >= 4 is 17.8 Å². The Morgan fingerprint density at radius 2 is 1.67 bits per heavy atom. The first-order valence-corrected chi connectivity index (χ1v) is 11.1. The molecule has 2 aromatic rings. The normalized spacial score (nSPS) is 23.9. The summed E-state index contributed by atoms with van der Waals surface area (Å²) < 4.78 is 16.1. The second kappa shape index (κ2) is 11.9. The molecule has 5 atom stereocenters. The molecule has 0 unspecified atom stereocenters. The average Bonchev–Trinajstić information content (AvgIpc) is 2.84. The molecule has 0 aromatic heterocycles. The Hall–Kier alpha value is -3.64. The molecule has 1 heterocycles. The number of Topliss-reactive ketones (excluding diaryl/α,β-unsaturated/α-hetero) is 1. The van der Waals surface area contributed by atoms with Gasteiger partial charge in [0.1, 0.15) is 36.8 Å². The van der Waals surface area contributed by atoms with Gasteiger partial charge in [0, 0.05) is 12.5 Å². The smallest absolute Gasteiger partial charge is 0.330 e. The van der Waals surface area contributed by atoms with Crippen molar-refractivity contribution in [3.8, 4) is 23.0 Å². The van der Waals surface area contributed by atoms with Gasteiger partial charge < -0.3 is 49.6 Å². The van der Waals surface area contributed by atoms with E-state index in [1.807, 2.05) is 0 Å². The summed E-state index contributed by atoms with van der Waals surface area (Å²) in [4.78, 5) is 23.3. The number of ether oxygens (including phenoxy) is 3. The highest BCUT2D eigenvalue weighted by Crippen LogP contribution is 2.32. The van der Waals surface area contributed by atoms with E-state index in [9.17, 15) is 40.2 Å². The van der Waals surface area contributed by atoms with Gasteiger partial charge in [0.05, 0.1) is 0 Å². The summed E-state index contributed by atoms with van der Waals surface area (Å²) >= 11 is 0. The van der Waals surface area contributed by atoms with Crippen molar-refractivity contribution in [1.82, 2.24) is 0 Å². The van der Waals surface area contributed by atoms with E-state index in [-0.39, 0.29) is 35.2 Å². The number of hydrogen-bond acceptors (Lipinski definition) is 11. The van der Waals surface area contributed by atoms with E-state index in [4.69, 9.17) is 14.2 Å². The number of carbonyl (C=O) groups is 2. The van der Waals surface area contributed by atoms with Crippen LogP contribution in [0.3, 0.4) is 0 Å². The topological polar surface area (TPSA) is 183 Å². The van der Waals surface area contributed by atoms with Crippen LogP contribution in [0.5, 0.6) is 23.0 Å². The number of aromatic hydroxyl groups is 3. The molecule has 1 aliphatic rings. The fourth-order valence-corrected chi connectivity index (χ4v) is 3.43. The Bertz CT molecular complexity index is 1110. The Balaban J connectivity index is 1.63. The molecule has 0 spiro atoms. The first-order valence-electron chi connectivity index (χ1n) is 11.1. The molecule has 36 heavy (non-hydrogen) atoms. The van der Waals surface area contributed by atoms with E-state index in [2.05, 4.69) is 0 Å². The van der Waals surface area contributed by atoms with Gasteiger partial charge in [0.15, 0.2) is 23.0 Å². The van der Waals surface area contributed by atoms with Crippen molar-refractivity contribution in [3.63, 3.8) is 0 Å². The molecule has 0 bridgehead atoms. The number of phenols is 3. The lowest BCUT2D eigenvalue weighted by molar-refractivity contribution is -0.278. The highest BCUT2D eigenvalue weighted by Gasteiger charge is 2.45. The van der Waals surface area contributed by atoms with Crippen LogP contribution in [0.25, 0.3) is 6.08 Å². The molecular formula is C25H28O11. The number of hydrogen-bond donors (Lipinski definition) is 6. The largest absolute Gasteiger partial charge is 0.504 e. The number of aliphatic hydroxyl groups is 3. The van der Waals surface area contributed by atoms with Gasteiger partial charge in [0.25, 0.3) is 0 Å². The van der Waals surface area contributed by atoms with Crippen LogP contribution in [0.1, 0.15) is 24.5 Å². The summed E-state index contributed by atoms with van der Waals surface area (Å²) in [7, 11) is 0. The minimum atomic E-state index is -1.70. The van der Waals surface area contributed by atoms with Crippen LogP contribution in [0.4, 0.5) is 0 Å². The van der Waals surface area contributed by atoms with Crippen molar-refractivity contribution in [2.24, 2.45) is 0 Å². The van der Waals surface area contributed by atoms with Gasteiger partial charge in [-0.05, 0) is 54.8 Å². The van der Waals surface area contributed by atoms with Crippen LogP contribution >= 0.6 is 0 Å². The summed E-state index contributed by atoms with van der Waals surface area (Å²) in [5, 5.41) is 59.8. The first-order chi connectivity index (χ1) is 17.0. The van der Waals surface area contributed by atoms with Crippen LogP contribution < -0.4 is 4.74 Å². The molecular weight excluding hydrogens is 476 g/mol. The lowest BCUT2D eigenvalue weighted by Gasteiger charge is -2.39. The average molecular weight is 504 g/mol. The predicted octanol–water partition coefficient (Wildman–Crippen LogP) is 0.768. The molecule has 1 saturated heterocycles. The molecule has 6 N–H and O–H groups in total. The summed E-state index contributed by atoms with van der Waals surface area (Å²) in [5.41, 5.74) is 1.09. The lowest BCUT2D eigenvalue weighted by atomic mass is 9.99. The van der Waals surface area contributed by atoms with Crippen LogP contribution in [-0.2, 0) is 25.5 Å². The zero-order valence-electron chi connectivity index (χ0n) is 19.4. The second-order valence-electron chi connectivity index (χ2n) is 8.35. The first kappa shape index (κ1) is 27.0. The number of rotatable bonds is 9. The Labute approximate surface area is 206 Å². The van der Waals surface area contributed by atoms with Crippen molar-refractivity contribution < 1.29 is 54.4 Å². The number of phenolic OH excluding ortho intramolecular Hbond substituents is 3. The minimum absolute atomic E-state index is 0.0119. The number of benzene rings is 2. The Kier molecular flexibility index (Phi) is 8.88. The van der Waals surface area contributed by atoms with Gasteiger partial charge in [-0.15, -0.1) is 0 Å². The zero-order valence-corrected chi connectivity index (χ0v) is 19.4. The van der Waals surface area contributed by atoms with E-state index in [1.54, 1.807) is 6.07 Å². The van der Waals surface area contributed by atoms with E-state index in [0.717, 1.165) is 6.08 Å². The van der Waals surface area contributed by atoms with Crippen LogP contribution in [0.15, 0.2) is 42.5 Å². The lowest BCUT2D eigenvalue weighted by Crippen LogP contribution is -2.60. The Morgan fingerprint density at radius 3 is 2.36 bits per heavy atom. The van der Waals surface area contributed by atoms with Gasteiger partial charge in [-0.2, -0.15) is 0 Å². The third kappa shape index (κ3) is 6.95. The van der Waals surface area contributed by atoms with Crippen LogP contribution in [-0.4, -0.2) is 79.7 Å². The van der Waals surface area contributed by atoms with Crippen LogP contribution in [0.2, 0.25) is 0 Å². The quantitative estimate of drug-likeness (QED) is 0.161. The fourth-order valence-electron chi connectivity index (χ4n) is 3.43. The molecule has 11 heteroatoms. The monoisotopic (exact) mass is 504 g/mol. The van der Waals surface area contributed by atoms with E-state index >= 15 is 0 Å². The highest BCUT2D eigenvalue weighted by atomic mass is 16.7. The Morgan fingerprint density at radius 1 is 0.944 bits per heavy atom. The van der Waals surface area contributed by atoms with Gasteiger partial charge in [-0.3, -0.25) is 0 Å². The number of ketones is 1. The van der Waals surface area contributed by atoms with E-state index < -0.39 is 43.3 Å². The minimum Gasteiger partial charge on any atom is -0.504 e. The van der Waals surface area contributed by atoms with Gasteiger partial charge in [-0.1, -0.05) is 12.1 Å². The number of aliphatic hydroxyl groups excluding tert-OH is 3. The molecule has 11 nitrogen and oxygen atoms in total. The highest BCUT2D eigenvalue weighted by molar-refractivity contribution is 5.87. The summed E-state index contributed by atoms with van der Waals surface area (Å²) in [6.45, 7) is 0.956. The number of aryl methyl sites for hydroxylation is 1. The summed E-state index contributed by atoms with van der Waals surface area (Å²) in [6, 6.07) is 8.36. The molecule has 0 aliphatic carbocycles. The standard InChI is InChI=1S/C25H28O11/c1-13(26)2-3-15-5-8-17(28)19(11-15)35-25-24(33)23(32)22(31)20(36-25)12-34-21(30)9-6-14-4-7-16(27)18(29)10-14/h4-11,20,22-25,27-29,31-33H,2-3,12H2,1H3/b9-6-/t20-,22-,23+,24-,25-/m0/s1. The van der Waals surface area contributed by atoms with Gasteiger partial charge in [0.2, 0.25) is 6.29 Å². The molecule has 0 amide bonds. The zero-order chi connectivity index (χ0) is 26.4. The van der Waals surface area contributed by atoms with E-state index in [1.165, 1.54) is 43.3 Å². The molecule has 3 rings (SSSR count). The third-order valence-electron chi connectivity index (χ3n) is 5.50. The van der Waals surface area contributed by atoms with Crippen molar-refractivity contribution in [2.45, 2.75) is 50.5 Å². The van der Waals surface area contributed by atoms with Crippen LogP contribution in [0, 0.1) is 0 Å². The van der Waals surface area contributed by atoms with E-state index in [0.29, 0.717) is 17.5 Å². The number of esters is 1. The van der Waals surface area contributed by atoms with Crippen molar-refractivity contribution in [3.05, 3.63) is 53.6 Å². The predicted molar refractivity (Wildman–Crippen MR) is 124 cm³/mol. The third-order valence-corrected chi connectivity index (χ3v) is 5.50. The molecule has 0 saturated carbocycles. The molecule has 1 fully saturated rings. The maximum Gasteiger partial charge on any atom is 0.330 e. The fraction of sp³-hybridized carbons (Fsp3) is 0.360. The number of carbonyl (C=O) groups excluding carboxylic acids is 2.